The second-order valence-corrected chi connectivity index (χ2v) is 7.34. The van der Waals surface area contributed by atoms with Crippen LogP contribution in [-0.2, 0) is 9.53 Å². The van der Waals surface area contributed by atoms with E-state index in [0.29, 0.717) is 17.0 Å². The maximum Gasteiger partial charge on any atom is 0.340 e. The molecule has 2 rings (SSSR count). The molecule has 1 N–H and O–H groups in total. The maximum absolute atomic E-state index is 13.3. The molecule has 1 fully saturated rings. The van der Waals surface area contributed by atoms with Gasteiger partial charge in [0, 0.05) is 19.3 Å². The van der Waals surface area contributed by atoms with Gasteiger partial charge in [0.1, 0.15) is 5.75 Å². The normalized spacial score (nSPS) is 16.6. The summed E-state index contributed by atoms with van der Waals surface area (Å²) in [5.74, 6) is 0.0616. The first-order valence-electron chi connectivity index (χ1n) is 9.86. The molecule has 1 saturated heterocycles. The minimum Gasteiger partial charge on any atom is -0.497 e. The lowest BCUT2D eigenvalue weighted by Crippen LogP contribution is -2.58. The van der Waals surface area contributed by atoms with E-state index in [9.17, 15) is 9.59 Å². The fraction of sp³-hybridized carbons (Fsp3) is 0.619. The van der Waals surface area contributed by atoms with Crippen molar-refractivity contribution < 1.29 is 23.5 Å². The van der Waals surface area contributed by atoms with Gasteiger partial charge in [-0.2, -0.15) is 0 Å². The van der Waals surface area contributed by atoms with Gasteiger partial charge in [-0.1, -0.05) is 6.92 Å². The number of ether oxygens (including phenoxy) is 2. The molecule has 0 saturated carbocycles. The number of likely N-dealkylation sites (tertiary alicyclic amines) is 1. The molecule has 0 spiro atoms. The predicted molar refractivity (Wildman–Crippen MR) is 106 cm³/mol. The number of benzene rings is 1. The van der Waals surface area contributed by atoms with Crippen molar-refractivity contribution in [1.82, 2.24) is 0 Å². The topological polar surface area (TPSA) is 64.6 Å². The zero-order valence-corrected chi connectivity index (χ0v) is 17.3. The number of hydrogen-bond acceptors (Lipinski definition) is 4. The van der Waals surface area contributed by atoms with Crippen molar-refractivity contribution in [2.75, 3.05) is 39.2 Å². The highest BCUT2D eigenvalue weighted by Crippen LogP contribution is 2.31. The summed E-state index contributed by atoms with van der Waals surface area (Å²) in [6, 6.07) is 3.33. The largest absolute Gasteiger partial charge is 0.497 e. The number of anilines is 1. The Morgan fingerprint density at radius 1 is 1.19 bits per heavy atom. The highest BCUT2D eigenvalue weighted by Gasteiger charge is 2.42. The number of nitrogens with one attached hydrogen (secondary N) is 1. The smallest absolute Gasteiger partial charge is 0.340 e. The number of carbonyl (C=O) groups excluding carboxylic acids is 2. The van der Waals surface area contributed by atoms with Gasteiger partial charge in [-0.25, -0.2) is 4.79 Å². The van der Waals surface area contributed by atoms with Crippen LogP contribution in [-0.4, -0.2) is 56.3 Å². The van der Waals surface area contributed by atoms with Crippen LogP contribution in [0, 0.1) is 6.92 Å². The zero-order chi connectivity index (χ0) is 20.0. The van der Waals surface area contributed by atoms with E-state index in [1.807, 2.05) is 13.0 Å². The molecule has 6 heteroatoms. The Morgan fingerprint density at radius 2 is 1.85 bits per heavy atom. The lowest BCUT2D eigenvalue weighted by atomic mass is 10.0. The average molecular weight is 378 g/mol. The Labute approximate surface area is 162 Å². The van der Waals surface area contributed by atoms with Gasteiger partial charge in [0.25, 0.3) is 5.91 Å². The first-order chi connectivity index (χ1) is 12.9. The quantitative estimate of drug-likeness (QED) is 0.556. The Balaban J connectivity index is 2.38. The van der Waals surface area contributed by atoms with Crippen molar-refractivity contribution in [2.45, 2.75) is 52.5 Å². The SMILES string of the molecule is CCCC(C(=O)Nc1c(C)cc(OC)cc1C(=O)OC)[N+]1(CC)CCCC1. The van der Waals surface area contributed by atoms with Gasteiger partial charge >= 0.3 is 5.97 Å². The molecule has 1 aliphatic rings. The van der Waals surface area contributed by atoms with Crippen molar-refractivity contribution in [2.24, 2.45) is 0 Å². The molecule has 1 aromatic carbocycles. The average Bonchev–Trinajstić information content (AvgIpc) is 3.16. The summed E-state index contributed by atoms with van der Waals surface area (Å²) in [4.78, 5) is 25.6. The van der Waals surface area contributed by atoms with Gasteiger partial charge in [-0.05, 0) is 38.0 Å². The summed E-state index contributed by atoms with van der Waals surface area (Å²) in [5.41, 5.74) is 1.62. The third-order valence-electron chi connectivity index (χ3n) is 5.81. The molecule has 0 aromatic heterocycles. The standard InChI is InChI=1S/C21H32N2O4/c1-6-10-18(23(7-2)11-8-9-12-23)20(24)22-19-15(3)13-16(26-4)14-17(19)21(25)27-5/h13-14,18H,6-12H2,1-5H3/p+1. The number of methoxy groups -OCH3 is 2. The Hall–Kier alpha value is -2.08. The minimum absolute atomic E-state index is 0.0148. The van der Waals surface area contributed by atoms with E-state index >= 15 is 0 Å². The number of rotatable bonds is 8. The molecule has 6 nitrogen and oxygen atoms in total. The van der Waals surface area contributed by atoms with E-state index in [0.717, 1.165) is 55.4 Å². The molecule has 1 aliphatic heterocycles. The van der Waals surface area contributed by atoms with Crippen LogP contribution in [0.2, 0.25) is 0 Å². The number of quaternary nitrogens is 1. The molecular formula is C21H33N2O4+. The number of likely N-dealkylation sites (N-methyl/N-ethyl adjacent to an activating group) is 1. The Kier molecular flexibility index (Phi) is 7.25. The van der Waals surface area contributed by atoms with Crippen LogP contribution in [0.4, 0.5) is 5.69 Å². The van der Waals surface area contributed by atoms with Gasteiger partial charge in [0.2, 0.25) is 0 Å². The number of nitrogens with zero attached hydrogens (tertiary/aromatic N) is 1. The number of aryl methyl sites for hydroxylation is 1. The molecular weight excluding hydrogens is 344 g/mol. The lowest BCUT2D eigenvalue weighted by molar-refractivity contribution is -0.930. The lowest BCUT2D eigenvalue weighted by Gasteiger charge is -2.40. The second-order valence-electron chi connectivity index (χ2n) is 7.34. The molecule has 0 bridgehead atoms. The summed E-state index contributed by atoms with van der Waals surface area (Å²) in [6.07, 6.45) is 4.11. The fourth-order valence-corrected chi connectivity index (χ4v) is 4.26. The predicted octanol–water partition coefficient (Wildman–Crippen LogP) is 3.53. The van der Waals surface area contributed by atoms with E-state index in [-0.39, 0.29) is 11.9 Å². The van der Waals surface area contributed by atoms with Crippen molar-refractivity contribution in [1.29, 1.82) is 0 Å². The highest BCUT2D eigenvalue weighted by molar-refractivity contribution is 6.03. The van der Waals surface area contributed by atoms with Gasteiger partial charge < -0.3 is 19.3 Å². The molecule has 1 atom stereocenters. The van der Waals surface area contributed by atoms with Crippen LogP contribution >= 0.6 is 0 Å². The molecule has 1 heterocycles. The monoisotopic (exact) mass is 377 g/mol. The van der Waals surface area contributed by atoms with Crippen LogP contribution in [0.25, 0.3) is 0 Å². The van der Waals surface area contributed by atoms with Crippen molar-refractivity contribution >= 4 is 17.6 Å². The molecule has 150 valence electrons. The van der Waals surface area contributed by atoms with Gasteiger partial charge in [-0.15, -0.1) is 0 Å². The van der Waals surface area contributed by atoms with E-state index in [4.69, 9.17) is 9.47 Å². The van der Waals surface area contributed by atoms with Crippen LogP contribution < -0.4 is 10.1 Å². The summed E-state index contributed by atoms with van der Waals surface area (Å²) in [7, 11) is 2.89. The van der Waals surface area contributed by atoms with E-state index in [2.05, 4.69) is 19.2 Å². The van der Waals surface area contributed by atoms with Crippen molar-refractivity contribution in [3.63, 3.8) is 0 Å². The summed E-state index contributed by atoms with van der Waals surface area (Å²) < 4.78 is 11.0. The zero-order valence-electron chi connectivity index (χ0n) is 17.3. The Bertz CT molecular complexity index is 681. The minimum atomic E-state index is -0.486. The highest BCUT2D eigenvalue weighted by atomic mass is 16.5. The van der Waals surface area contributed by atoms with Gasteiger partial charge in [0.05, 0.1) is 45.1 Å². The molecule has 1 amide bonds. The number of esters is 1. The fourth-order valence-electron chi connectivity index (χ4n) is 4.26. The first kappa shape index (κ1) is 21.2. The first-order valence-corrected chi connectivity index (χ1v) is 9.86. The summed E-state index contributed by atoms with van der Waals surface area (Å²) in [5, 5.41) is 3.06. The van der Waals surface area contributed by atoms with Crippen LogP contribution in [0.3, 0.4) is 0 Å². The van der Waals surface area contributed by atoms with Crippen LogP contribution in [0.15, 0.2) is 12.1 Å². The van der Waals surface area contributed by atoms with Gasteiger partial charge in [0.15, 0.2) is 6.04 Å². The molecule has 1 aromatic rings. The maximum atomic E-state index is 13.3. The van der Waals surface area contributed by atoms with Crippen LogP contribution in [0.1, 0.15) is 55.5 Å². The van der Waals surface area contributed by atoms with Crippen molar-refractivity contribution in [3.8, 4) is 5.75 Å². The van der Waals surface area contributed by atoms with Gasteiger partial charge in [-0.3, -0.25) is 4.79 Å². The second kappa shape index (κ2) is 9.22. The summed E-state index contributed by atoms with van der Waals surface area (Å²) in [6.45, 7) is 9.17. The number of hydrogen-bond donors (Lipinski definition) is 1. The van der Waals surface area contributed by atoms with E-state index in [1.54, 1.807) is 13.2 Å². The molecule has 27 heavy (non-hydrogen) atoms. The summed E-state index contributed by atoms with van der Waals surface area (Å²) >= 11 is 0. The molecule has 0 radical (unpaired) electrons. The van der Waals surface area contributed by atoms with E-state index in [1.165, 1.54) is 7.11 Å². The Morgan fingerprint density at radius 3 is 2.37 bits per heavy atom. The van der Waals surface area contributed by atoms with Crippen molar-refractivity contribution in [3.05, 3.63) is 23.3 Å². The number of carbonyl (C=O) groups is 2. The molecule has 1 unspecified atom stereocenters. The number of amides is 1. The third kappa shape index (κ3) is 4.43. The van der Waals surface area contributed by atoms with Crippen LogP contribution in [0.5, 0.6) is 5.75 Å². The van der Waals surface area contributed by atoms with E-state index < -0.39 is 5.97 Å². The molecule has 0 aliphatic carbocycles. The third-order valence-corrected chi connectivity index (χ3v) is 5.81.